The van der Waals surface area contributed by atoms with Crippen LogP contribution in [-0.4, -0.2) is 21.6 Å². The number of nitrogens with zero attached hydrogens (tertiary/aromatic N) is 1. The first-order valence-electron chi connectivity index (χ1n) is 4.94. The van der Waals surface area contributed by atoms with Crippen LogP contribution in [0.3, 0.4) is 0 Å². The summed E-state index contributed by atoms with van der Waals surface area (Å²) < 4.78 is -1.92. The highest BCUT2D eigenvalue weighted by Crippen LogP contribution is 2.28. The fraction of sp³-hybridized carbons (Fsp3) is 0.364. The fourth-order valence-corrected chi connectivity index (χ4v) is 1.85. The van der Waals surface area contributed by atoms with Crippen LogP contribution < -0.4 is 5.73 Å². The first-order chi connectivity index (χ1) is 7.84. The number of benzene rings is 1. The van der Waals surface area contributed by atoms with Crippen LogP contribution in [0.1, 0.15) is 11.1 Å². The monoisotopic (exact) mass is 294 g/mol. The largest absolute Gasteiger partial charge is 0.338 e. The molecule has 0 spiro atoms. The third kappa shape index (κ3) is 4.36. The van der Waals surface area contributed by atoms with E-state index in [1.807, 2.05) is 24.3 Å². The number of carbonyl (C=O) groups excluding carboxylic acids is 1. The van der Waals surface area contributed by atoms with Crippen LogP contribution in [0.2, 0.25) is 0 Å². The van der Waals surface area contributed by atoms with E-state index in [2.05, 4.69) is 0 Å². The van der Waals surface area contributed by atoms with Crippen LogP contribution in [0.25, 0.3) is 0 Å². The summed E-state index contributed by atoms with van der Waals surface area (Å²) in [6.07, 6.45) is 0. The van der Waals surface area contributed by atoms with Crippen molar-refractivity contribution in [3.63, 3.8) is 0 Å². The number of rotatable bonds is 3. The molecule has 0 aromatic heterocycles. The molecule has 17 heavy (non-hydrogen) atoms. The van der Waals surface area contributed by atoms with E-state index >= 15 is 0 Å². The molecule has 0 heterocycles. The highest BCUT2D eigenvalue weighted by molar-refractivity contribution is 6.76. The lowest BCUT2D eigenvalue weighted by atomic mass is 10.1. The van der Waals surface area contributed by atoms with Crippen molar-refractivity contribution >= 4 is 40.7 Å². The van der Waals surface area contributed by atoms with Crippen LogP contribution in [0.5, 0.6) is 0 Å². The molecule has 0 aliphatic rings. The first kappa shape index (κ1) is 14.6. The maximum atomic E-state index is 11.6. The summed E-state index contributed by atoms with van der Waals surface area (Å²) in [6.45, 7) is 0.830. The predicted octanol–water partition coefficient (Wildman–Crippen LogP) is 2.47. The fourth-order valence-electron chi connectivity index (χ4n) is 1.42. The van der Waals surface area contributed by atoms with Gasteiger partial charge in [-0.2, -0.15) is 0 Å². The van der Waals surface area contributed by atoms with E-state index < -0.39 is 9.70 Å². The number of nitrogens with two attached hydrogens (primary N) is 1. The smallest absolute Gasteiger partial charge is 0.274 e. The molecule has 2 N–H and O–H groups in total. The predicted molar refractivity (Wildman–Crippen MR) is 71.1 cm³/mol. The Bertz CT molecular complexity index is 404. The summed E-state index contributed by atoms with van der Waals surface area (Å²) in [5, 5.41) is 0. The van der Waals surface area contributed by atoms with Crippen LogP contribution in [0, 0.1) is 0 Å². The van der Waals surface area contributed by atoms with E-state index in [1.165, 1.54) is 4.90 Å². The van der Waals surface area contributed by atoms with Gasteiger partial charge in [0.05, 0.1) is 0 Å². The Morgan fingerprint density at radius 1 is 1.35 bits per heavy atom. The minimum atomic E-state index is -1.92. The Labute approximate surface area is 115 Å². The highest BCUT2D eigenvalue weighted by Gasteiger charge is 2.33. The normalized spacial score (nSPS) is 11.4. The van der Waals surface area contributed by atoms with Crippen molar-refractivity contribution in [1.29, 1.82) is 0 Å². The van der Waals surface area contributed by atoms with E-state index in [0.29, 0.717) is 13.1 Å². The van der Waals surface area contributed by atoms with Gasteiger partial charge < -0.3 is 10.6 Å². The number of hydrogen-bond donors (Lipinski definition) is 1. The zero-order valence-corrected chi connectivity index (χ0v) is 11.6. The van der Waals surface area contributed by atoms with E-state index in [0.717, 1.165) is 11.1 Å². The van der Waals surface area contributed by atoms with E-state index in [-0.39, 0.29) is 0 Å². The molecule has 1 amide bonds. The second-order valence-electron chi connectivity index (χ2n) is 3.68. The maximum absolute atomic E-state index is 11.6. The summed E-state index contributed by atoms with van der Waals surface area (Å²) in [4.78, 5) is 13.0. The van der Waals surface area contributed by atoms with Crippen LogP contribution in [0.15, 0.2) is 24.3 Å². The molecule has 0 atom stereocenters. The minimum absolute atomic E-state index is 0.376. The highest BCUT2D eigenvalue weighted by atomic mass is 35.6. The number of hydrogen-bond acceptors (Lipinski definition) is 2. The Hall–Kier alpha value is -0.480. The molecule has 0 radical (unpaired) electrons. The van der Waals surface area contributed by atoms with E-state index in [9.17, 15) is 4.79 Å². The van der Waals surface area contributed by atoms with Gasteiger partial charge in [0.2, 0.25) is 0 Å². The zero-order chi connectivity index (χ0) is 13.1. The van der Waals surface area contributed by atoms with Gasteiger partial charge in [0.25, 0.3) is 9.70 Å². The first-order valence-corrected chi connectivity index (χ1v) is 6.08. The summed E-state index contributed by atoms with van der Waals surface area (Å²) in [7, 11) is 1.58. The molecule has 0 saturated heterocycles. The molecule has 1 aromatic carbocycles. The molecule has 0 fully saturated rings. The molecule has 0 bridgehead atoms. The van der Waals surface area contributed by atoms with Gasteiger partial charge >= 0.3 is 0 Å². The average Bonchev–Trinajstić information content (AvgIpc) is 2.27. The summed E-state index contributed by atoms with van der Waals surface area (Å²) in [5.74, 6) is -0.555. The van der Waals surface area contributed by atoms with Crippen molar-refractivity contribution in [3.05, 3.63) is 35.4 Å². The standard InChI is InChI=1S/C11H13Cl3N2O/c1-16(10(17)11(12,13)14)7-9-4-2-3-8(5-9)6-15/h2-5H,6-7,15H2,1H3. The lowest BCUT2D eigenvalue weighted by molar-refractivity contribution is -0.129. The molecule has 0 saturated carbocycles. The molecule has 94 valence electrons. The molecule has 6 heteroatoms. The van der Waals surface area contributed by atoms with Crippen molar-refractivity contribution in [2.45, 2.75) is 16.9 Å². The zero-order valence-electron chi connectivity index (χ0n) is 9.29. The van der Waals surface area contributed by atoms with Gasteiger partial charge in [0.15, 0.2) is 0 Å². The summed E-state index contributed by atoms with van der Waals surface area (Å²) in [6, 6.07) is 7.61. The number of alkyl halides is 3. The van der Waals surface area contributed by atoms with Crippen LogP contribution in [0.4, 0.5) is 0 Å². The Morgan fingerprint density at radius 2 is 1.94 bits per heavy atom. The topological polar surface area (TPSA) is 46.3 Å². The maximum Gasteiger partial charge on any atom is 0.274 e. The minimum Gasteiger partial charge on any atom is -0.338 e. The van der Waals surface area contributed by atoms with Gasteiger partial charge in [-0.05, 0) is 11.1 Å². The number of halogens is 3. The molecule has 0 aliphatic heterocycles. The third-order valence-electron chi connectivity index (χ3n) is 2.24. The van der Waals surface area contributed by atoms with Gasteiger partial charge in [0.1, 0.15) is 0 Å². The van der Waals surface area contributed by atoms with Crippen molar-refractivity contribution in [2.75, 3.05) is 7.05 Å². The molecule has 0 aliphatic carbocycles. The second-order valence-corrected chi connectivity index (χ2v) is 5.96. The third-order valence-corrected chi connectivity index (χ3v) is 2.72. The SMILES string of the molecule is CN(Cc1cccc(CN)c1)C(=O)C(Cl)(Cl)Cl. The van der Waals surface area contributed by atoms with Crippen LogP contribution in [-0.2, 0) is 17.9 Å². The Kier molecular flexibility index (Phi) is 5.07. The molecular formula is C11H13Cl3N2O. The van der Waals surface area contributed by atoms with Crippen molar-refractivity contribution in [3.8, 4) is 0 Å². The molecule has 1 rings (SSSR count). The molecule has 0 unspecified atom stereocenters. The molecule has 3 nitrogen and oxygen atoms in total. The van der Waals surface area contributed by atoms with Gasteiger partial charge in [0, 0.05) is 20.1 Å². The van der Waals surface area contributed by atoms with Gasteiger partial charge in [-0.25, -0.2) is 0 Å². The molecular weight excluding hydrogens is 282 g/mol. The number of carbonyl (C=O) groups is 1. The van der Waals surface area contributed by atoms with E-state index in [4.69, 9.17) is 40.5 Å². The Balaban J connectivity index is 2.74. The van der Waals surface area contributed by atoms with Crippen molar-refractivity contribution in [1.82, 2.24) is 4.90 Å². The number of amides is 1. The lowest BCUT2D eigenvalue weighted by Gasteiger charge is -2.21. The van der Waals surface area contributed by atoms with Gasteiger partial charge in [-0.3, -0.25) is 4.79 Å². The van der Waals surface area contributed by atoms with Crippen LogP contribution >= 0.6 is 34.8 Å². The Morgan fingerprint density at radius 3 is 2.47 bits per heavy atom. The summed E-state index contributed by atoms with van der Waals surface area (Å²) in [5.41, 5.74) is 7.47. The average molecular weight is 296 g/mol. The van der Waals surface area contributed by atoms with Crippen molar-refractivity contribution in [2.24, 2.45) is 5.73 Å². The molecule has 1 aromatic rings. The van der Waals surface area contributed by atoms with Gasteiger partial charge in [-0.1, -0.05) is 59.1 Å². The second kappa shape index (κ2) is 5.91. The lowest BCUT2D eigenvalue weighted by Crippen LogP contribution is -2.35. The summed E-state index contributed by atoms with van der Waals surface area (Å²) >= 11 is 16.6. The van der Waals surface area contributed by atoms with Gasteiger partial charge in [-0.15, -0.1) is 0 Å². The van der Waals surface area contributed by atoms with E-state index in [1.54, 1.807) is 7.05 Å². The van der Waals surface area contributed by atoms with Crippen molar-refractivity contribution < 1.29 is 4.79 Å². The quantitative estimate of drug-likeness (QED) is 0.871.